The Hall–Kier alpha value is -1.71. The predicted molar refractivity (Wildman–Crippen MR) is 79.0 cm³/mol. The van der Waals surface area contributed by atoms with Crippen LogP contribution in [-0.4, -0.2) is 11.9 Å². The van der Waals surface area contributed by atoms with Gasteiger partial charge in [-0.25, -0.2) is 0 Å². The maximum atomic E-state index is 11.3. The Balaban J connectivity index is 2.11. The van der Waals surface area contributed by atoms with Crippen LogP contribution in [-0.2, 0) is 0 Å². The lowest BCUT2D eigenvalue weighted by Crippen LogP contribution is -2.31. The van der Waals surface area contributed by atoms with Crippen molar-refractivity contribution in [3.8, 4) is 0 Å². The maximum absolute atomic E-state index is 11.3. The Morgan fingerprint density at radius 2 is 2.16 bits per heavy atom. The lowest BCUT2D eigenvalue weighted by Gasteiger charge is -2.36. The summed E-state index contributed by atoms with van der Waals surface area (Å²) in [6.45, 7) is 4.61. The third kappa shape index (κ3) is 3.40. The van der Waals surface area contributed by atoms with Crippen molar-refractivity contribution in [3.63, 3.8) is 0 Å². The number of nitrogen functional groups attached to an aromatic ring is 1. The molecule has 104 valence electrons. The molecular weight excluding hydrogens is 238 g/mol. The van der Waals surface area contributed by atoms with Crippen molar-refractivity contribution in [2.45, 2.75) is 45.6 Å². The second-order valence-corrected chi connectivity index (χ2v) is 6.27. The smallest absolute Gasteiger partial charge is 0.250 e. The van der Waals surface area contributed by atoms with Crippen LogP contribution < -0.4 is 16.8 Å². The molecule has 1 aromatic rings. The van der Waals surface area contributed by atoms with Gasteiger partial charge in [0.25, 0.3) is 5.91 Å². The molecule has 2 rings (SSSR count). The Bertz CT molecular complexity index is 482. The van der Waals surface area contributed by atoms with E-state index in [1.165, 1.54) is 19.3 Å². The van der Waals surface area contributed by atoms with E-state index in [2.05, 4.69) is 19.2 Å². The largest absolute Gasteiger partial charge is 0.398 e. The van der Waals surface area contributed by atoms with Crippen molar-refractivity contribution < 1.29 is 4.79 Å². The van der Waals surface area contributed by atoms with Gasteiger partial charge in [0.05, 0.1) is 5.56 Å². The van der Waals surface area contributed by atoms with E-state index in [0.29, 0.717) is 22.7 Å². The van der Waals surface area contributed by atoms with Crippen molar-refractivity contribution in [2.24, 2.45) is 11.1 Å². The number of carbonyl (C=O) groups is 1. The van der Waals surface area contributed by atoms with Crippen LogP contribution in [0.2, 0.25) is 0 Å². The average Bonchev–Trinajstić information content (AvgIpc) is 2.30. The summed E-state index contributed by atoms with van der Waals surface area (Å²) < 4.78 is 0. The molecule has 4 heteroatoms. The first kappa shape index (κ1) is 13.7. The lowest BCUT2D eigenvalue weighted by molar-refractivity contribution is 0.100. The molecule has 0 heterocycles. The van der Waals surface area contributed by atoms with E-state index in [1.807, 2.05) is 6.07 Å². The molecule has 0 aliphatic heterocycles. The SMILES string of the molecule is CC1(C)CCCC(Nc2ccc(N)c(C(N)=O)c2)C1. The van der Waals surface area contributed by atoms with Crippen LogP contribution >= 0.6 is 0 Å². The zero-order valence-corrected chi connectivity index (χ0v) is 11.7. The molecule has 1 unspecified atom stereocenters. The third-order valence-electron chi connectivity index (χ3n) is 3.89. The van der Waals surface area contributed by atoms with Crippen LogP contribution in [0.15, 0.2) is 18.2 Å². The van der Waals surface area contributed by atoms with Gasteiger partial charge in [0.1, 0.15) is 0 Å². The quantitative estimate of drug-likeness (QED) is 0.732. The summed E-state index contributed by atoms with van der Waals surface area (Å²) in [5, 5.41) is 3.50. The Morgan fingerprint density at radius 3 is 2.79 bits per heavy atom. The van der Waals surface area contributed by atoms with Crippen LogP contribution in [0.4, 0.5) is 11.4 Å². The van der Waals surface area contributed by atoms with E-state index in [0.717, 1.165) is 12.1 Å². The molecule has 4 nitrogen and oxygen atoms in total. The summed E-state index contributed by atoms with van der Waals surface area (Å²) in [4.78, 5) is 11.3. The van der Waals surface area contributed by atoms with Gasteiger partial charge >= 0.3 is 0 Å². The molecule has 1 atom stereocenters. The van der Waals surface area contributed by atoms with Crippen LogP contribution in [0.5, 0.6) is 0 Å². The van der Waals surface area contributed by atoms with E-state index in [-0.39, 0.29) is 0 Å². The number of hydrogen-bond donors (Lipinski definition) is 3. The number of primary amides is 1. The highest BCUT2D eigenvalue weighted by atomic mass is 16.1. The molecule has 5 N–H and O–H groups in total. The standard InChI is InChI=1S/C15H23N3O/c1-15(2)7-3-4-11(9-15)18-10-5-6-13(16)12(8-10)14(17)19/h5-6,8,11,18H,3-4,7,9,16H2,1-2H3,(H2,17,19). The highest BCUT2D eigenvalue weighted by Gasteiger charge is 2.27. The highest BCUT2D eigenvalue weighted by molar-refractivity contribution is 5.98. The van der Waals surface area contributed by atoms with Crippen molar-refractivity contribution in [2.75, 3.05) is 11.1 Å². The van der Waals surface area contributed by atoms with Crippen molar-refractivity contribution in [1.29, 1.82) is 0 Å². The van der Waals surface area contributed by atoms with E-state index >= 15 is 0 Å². The molecule has 1 saturated carbocycles. The third-order valence-corrected chi connectivity index (χ3v) is 3.89. The fourth-order valence-corrected chi connectivity index (χ4v) is 2.92. The summed E-state index contributed by atoms with van der Waals surface area (Å²) in [7, 11) is 0. The molecule has 0 bridgehead atoms. The van der Waals surface area contributed by atoms with Crippen molar-refractivity contribution >= 4 is 17.3 Å². The number of rotatable bonds is 3. The molecule has 0 aromatic heterocycles. The minimum atomic E-state index is -0.481. The normalized spacial score (nSPS) is 21.9. The fraction of sp³-hybridized carbons (Fsp3) is 0.533. The van der Waals surface area contributed by atoms with Crippen molar-refractivity contribution in [1.82, 2.24) is 0 Å². The Labute approximate surface area is 114 Å². The number of nitrogens with one attached hydrogen (secondary N) is 1. The molecule has 0 saturated heterocycles. The van der Waals surface area contributed by atoms with Gasteiger partial charge in [-0.15, -0.1) is 0 Å². The van der Waals surface area contributed by atoms with Gasteiger partial charge in [-0.1, -0.05) is 20.3 Å². The highest BCUT2D eigenvalue weighted by Crippen LogP contribution is 2.36. The molecular formula is C15H23N3O. The van der Waals surface area contributed by atoms with Crippen LogP contribution in [0.1, 0.15) is 49.9 Å². The summed E-state index contributed by atoms with van der Waals surface area (Å²) in [6.07, 6.45) is 4.82. The second kappa shape index (κ2) is 5.11. The van der Waals surface area contributed by atoms with Gasteiger partial charge in [0.2, 0.25) is 0 Å². The minimum absolute atomic E-state index is 0.385. The maximum Gasteiger partial charge on any atom is 0.250 e. The summed E-state index contributed by atoms with van der Waals surface area (Å²) >= 11 is 0. The summed E-state index contributed by atoms with van der Waals surface area (Å²) in [6, 6.07) is 5.84. The Kier molecular flexibility index (Phi) is 3.69. The van der Waals surface area contributed by atoms with Gasteiger partial charge in [-0.2, -0.15) is 0 Å². The van der Waals surface area contributed by atoms with Gasteiger partial charge in [0.15, 0.2) is 0 Å². The molecule has 0 spiro atoms. The Morgan fingerprint density at radius 1 is 1.42 bits per heavy atom. The fourth-order valence-electron chi connectivity index (χ4n) is 2.92. The minimum Gasteiger partial charge on any atom is -0.398 e. The first-order chi connectivity index (χ1) is 8.87. The van der Waals surface area contributed by atoms with Crippen LogP contribution in [0.25, 0.3) is 0 Å². The van der Waals surface area contributed by atoms with Gasteiger partial charge in [0, 0.05) is 17.4 Å². The summed E-state index contributed by atoms with van der Waals surface area (Å²) in [5.74, 6) is -0.481. The van der Waals surface area contributed by atoms with Gasteiger partial charge in [-0.05, 0) is 42.9 Å². The van der Waals surface area contributed by atoms with E-state index in [4.69, 9.17) is 11.5 Å². The molecule has 1 aliphatic rings. The topological polar surface area (TPSA) is 81.1 Å². The molecule has 0 radical (unpaired) electrons. The number of hydrogen-bond acceptors (Lipinski definition) is 3. The zero-order valence-electron chi connectivity index (χ0n) is 11.7. The number of anilines is 2. The van der Waals surface area contributed by atoms with Gasteiger partial charge in [-0.3, -0.25) is 4.79 Å². The van der Waals surface area contributed by atoms with E-state index < -0.39 is 5.91 Å². The number of amides is 1. The molecule has 1 fully saturated rings. The van der Waals surface area contributed by atoms with Crippen LogP contribution in [0, 0.1) is 5.41 Å². The monoisotopic (exact) mass is 261 g/mol. The molecule has 19 heavy (non-hydrogen) atoms. The lowest BCUT2D eigenvalue weighted by atomic mass is 9.75. The van der Waals surface area contributed by atoms with E-state index in [1.54, 1.807) is 12.1 Å². The first-order valence-electron chi connectivity index (χ1n) is 6.83. The molecule has 1 aliphatic carbocycles. The number of nitrogens with two attached hydrogens (primary N) is 2. The zero-order chi connectivity index (χ0) is 14.0. The van der Waals surface area contributed by atoms with Crippen molar-refractivity contribution in [3.05, 3.63) is 23.8 Å². The van der Waals surface area contributed by atoms with Gasteiger partial charge < -0.3 is 16.8 Å². The molecule has 1 amide bonds. The average molecular weight is 261 g/mol. The number of benzene rings is 1. The second-order valence-electron chi connectivity index (χ2n) is 6.27. The summed E-state index contributed by atoms with van der Waals surface area (Å²) in [5.41, 5.74) is 13.2. The molecule has 1 aromatic carbocycles. The van der Waals surface area contributed by atoms with E-state index in [9.17, 15) is 4.79 Å². The predicted octanol–water partition coefficient (Wildman–Crippen LogP) is 2.75. The number of carbonyl (C=O) groups excluding carboxylic acids is 1. The first-order valence-corrected chi connectivity index (χ1v) is 6.83. The van der Waals surface area contributed by atoms with Crippen LogP contribution in [0.3, 0.4) is 0 Å².